The number of sulfonamides is 1. The van der Waals surface area contributed by atoms with E-state index in [-0.39, 0.29) is 4.90 Å². The maximum atomic E-state index is 11.9. The number of pyridine rings is 1. The SMILES string of the molecule is COCCC(C)(O)CNc1ccc(S(=O)(=O)N(C)C)cn1. The average molecular weight is 317 g/mol. The van der Waals surface area contributed by atoms with E-state index in [1.165, 1.54) is 26.4 Å². The zero-order chi connectivity index (χ0) is 16.1. The maximum Gasteiger partial charge on any atom is 0.244 e. The maximum absolute atomic E-state index is 11.9. The van der Waals surface area contributed by atoms with Crippen LogP contribution >= 0.6 is 0 Å². The summed E-state index contributed by atoms with van der Waals surface area (Å²) in [6.45, 7) is 2.45. The molecule has 120 valence electrons. The number of rotatable bonds is 8. The van der Waals surface area contributed by atoms with Crippen LogP contribution in [0.4, 0.5) is 5.82 Å². The quantitative estimate of drug-likeness (QED) is 0.727. The van der Waals surface area contributed by atoms with Crippen LogP contribution in [0.5, 0.6) is 0 Å². The molecule has 1 unspecified atom stereocenters. The van der Waals surface area contributed by atoms with Crippen LogP contribution < -0.4 is 5.32 Å². The van der Waals surface area contributed by atoms with Crippen molar-refractivity contribution in [1.29, 1.82) is 0 Å². The predicted molar refractivity (Wildman–Crippen MR) is 80.7 cm³/mol. The van der Waals surface area contributed by atoms with Gasteiger partial charge in [0.25, 0.3) is 0 Å². The lowest BCUT2D eigenvalue weighted by atomic mass is 10.0. The van der Waals surface area contributed by atoms with E-state index in [1.54, 1.807) is 20.1 Å². The van der Waals surface area contributed by atoms with Gasteiger partial charge in [-0.1, -0.05) is 0 Å². The molecule has 2 N–H and O–H groups in total. The molecule has 1 rings (SSSR count). The van der Waals surface area contributed by atoms with Crippen molar-refractivity contribution in [1.82, 2.24) is 9.29 Å². The van der Waals surface area contributed by atoms with Crippen molar-refractivity contribution in [2.75, 3.05) is 39.7 Å². The van der Waals surface area contributed by atoms with Crippen LogP contribution in [-0.4, -0.2) is 62.8 Å². The Hall–Kier alpha value is -1.22. The molecule has 0 saturated heterocycles. The average Bonchev–Trinajstić information content (AvgIpc) is 2.43. The van der Waals surface area contributed by atoms with Gasteiger partial charge < -0.3 is 15.2 Å². The molecule has 0 radical (unpaired) electrons. The second-order valence-corrected chi connectivity index (χ2v) is 7.41. The summed E-state index contributed by atoms with van der Waals surface area (Å²) in [6.07, 6.45) is 1.78. The minimum Gasteiger partial charge on any atom is -0.388 e. The van der Waals surface area contributed by atoms with E-state index in [2.05, 4.69) is 10.3 Å². The number of methoxy groups -OCH3 is 1. The van der Waals surface area contributed by atoms with E-state index in [1.807, 2.05) is 0 Å². The fourth-order valence-corrected chi connectivity index (χ4v) is 2.39. The largest absolute Gasteiger partial charge is 0.388 e. The lowest BCUT2D eigenvalue weighted by Crippen LogP contribution is -2.34. The highest BCUT2D eigenvalue weighted by Gasteiger charge is 2.20. The molecule has 1 atom stereocenters. The van der Waals surface area contributed by atoms with Crippen molar-refractivity contribution >= 4 is 15.8 Å². The molecule has 0 aliphatic heterocycles. The highest BCUT2D eigenvalue weighted by Crippen LogP contribution is 2.15. The summed E-state index contributed by atoms with van der Waals surface area (Å²) < 4.78 is 29.8. The highest BCUT2D eigenvalue weighted by atomic mass is 32.2. The third-order valence-electron chi connectivity index (χ3n) is 3.01. The Bertz CT molecular complexity index is 541. The lowest BCUT2D eigenvalue weighted by molar-refractivity contribution is 0.0357. The van der Waals surface area contributed by atoms with Crippen molar-refractivity contribution in [3.05, 3.63) is 18.3 Å². The molecule has 1 aromatic rings. The van der Waals surface area contributed by atoms with Crippen LogP contribution in [-0.2, 0) is 14.8 Å². The van der Waals surface area contributed by atoms with Crippen molar-refractivity contribution in [2.24, 2.45) is 0 Å². The van der Waals surface area contributed by atoms with Crippen molar-refractivity contribution < 1.29 is 18.3 Å². The summed E-state index contributed by atoms with van der Waals surface area (Å²) in [5.74, 6) is 0.505. The lowest BCUT2D eigenvalue weighted by Gasteiger charge is -2.23. The van der Waals surface area contributed by atoms with Crippen molar-refractivity contribution in [2.45, 2.75) is 23.8 Å². The van der Waals surface area contributed by atoms with Gasteiger partial charge in [-0.3, -0.25) is 0 Å². The van der Waals surface area contributed by atoms with Crippen LogP contribution in [0.1, 0.15) is 13.3 Å². The van der Waals surface area contributed by atoms with Crippen LogP contribution in [0, 0.1) is 0 Å². The summed E-state index contributed by atoms with van der Waals surface area (Å²) in [7, 11) is 1.04. The number of hydrogen-bond acceptors (Lipinski definition) is 6. The Morgan fingerprint density at radius 1 is 1.43 bits per heavy atom. The fourth-order valence-electron chi connectivity index (χ4n) is 1.54. The smallest absolute Gasteiger partial charge is 0.244 e. The molecular formula is C13H23N3O4S. The number of ether oxygens (including phenoxy) is 1. The third kappa shape index (κ3) is 5.24. The molecule has 0 saturated carbocycles. The van der Waals surface area contributed by atoms with Gasteiger partial charge >= 0.3 is 0 Å². The van der Waals surface area contributed by atoms with E-state index >= 15 is 0 Å². The number of nitrogens with zero attached hydrogens (tertiary/aromatic N) is 2. The van der Waals surface area contributed by atoms with Gasteiger partial charge in [0.2, 0.25) is 10.0 Å². The summed E-state index contributed by atoms with van der Waals surface area (Å²) in [5.41, 5.74) is -0.925. The summed E-state index contributed by atoms with van der Waals surface area (Å²) >= 11 is 0. The second kappa shape index (κ2) is 7.17. The van der Waals surface area contributed by atoms with Crippen LogP contribution in [0.3, 0.4) is 0 Å². The topological polar surface area (TPSA) is 91.8 Å². The van der Waals surface area contributed by atoms with Crippen LogP contribution in [0.15, 0.2) is 23.2 Å². The van der Waals surface area contributed by atoms with Gasteiger partial charge in [-0.15, -0.1) is 0 Å². The molecule has 1 heterocycles. The van der Waals surface area contributed by atoms with Gasteiger partial charge in [0.05, 0.1) is 5.60 Å². The van der Waals surface area contributed by atoms with Crippen LogP contribution in [0.2, 0.25) is 0 Å². The predicted octanol–water partition coefficient (Wildman–Crippen LogP) is 0.531. The van der Waals surface area contributed by atoms with E-state index in [0.717, 1.165) is 4.31 Å². The van der Waals surface area contributed by atoms with E-state index in [9.17, 15) is 13.5 Å². The molecule has 8 heteroatoms. The van der Waals surface area contributed by atoms with E-state index < -0.39 is 15.6 Å². The van der Waals surface area contributed by atoms with Gasteiger partial charge in [0.1, 0.15) is 10.7 Å². The molecule has 0 spiro atoms. The van der Waals surface area contributed by atoms with Gasteiger partial charge in [-0.25, -0.2) is 17.7 Å². The molecular weight excluding hydrogens is 294 g/mol. The first-order valence-electron chi connectivity index (χ1n) is 6.53. The minimum atomic E-state index is -3.47. The van der Waals surface area contributed by atoms with Crippen LogP contribution in [0.25, 0.3) is 0 Å². The molecule has 0 aromatic carbocycles. The standard InChI is InChI=1S/C13H23N3O4S/c1-13(17,7-8-20-4)10-15-12-6-5-11(9-14-12)21(18,19)16(2)3/h5-6,9,17H,7-8,10H2,1-4H3,(H,14,15). The van der Waals surface area contributed by atoms with E-state index in [0.29, 0.717) is 25.4 Å². The first-order chi connectivity index (χ1) is 9.69. The molecule has 0 fully saturated rings. The molecule has 0 aliphatic carbocycles. The fraction of sp³-hybridized carbons (Fsp3) is 0.615. The number of anilines is 1. The molecule has 21 heavy (non-hydrogen) atoms. The first-order valence-corrected chi connectivity index (χ1v) is 7.97. The Labute approximate surface area is 126 Å². The van der Waals surface area contributed by atoms with Gasteiger partial charge in [-0.05, 0) is 19.1 Å². The number of hydrogen-bond donors (Lipinski definition) is 2. The van der Waals surface area contributed by atoms with Gasteiger partial charge in [0, 0.05) is 47.0 Å². The Morgan fingerprint density at radius 3 is 2.57 bits per heavy atom. The van der Waals surface area contributed by atoms with E-state index in [4.69, 9.17) is 4.74 Å². The second-order valence-electron chi connectivity index (χ2n) is 5.26. The highest BCUT2D eigenvalue weighted by molar-refractivity contribution is 7.89. The van der Waals surface area contributed by atoms with Gasteiger partial charge in [0.15, 0.2) is 0 Å². The van der Waals surface area contributed by atoms with Crippen molar-refractivity contribution in [3.8, 4) is 0 Å². The molecule has 7 nitrogen and oxygen atoms in total. The first kappa shape index (κ1) is 17.8. The Kier molecular flexibility index (Phi) is 6.09. The number of aliphatic hydroxyl groups is 1. The normalized spacial score (nSPS) is 15.0. The van der Waals surface area contributed by atoms with Gasteiger partial charge in [-0.2, -0.15) is 0 Å². The Balaban J connectivity index is 2.68. The molecule has 1 aromatic heterocycles. The Morgan fingerprint density at radius 2 is 2.10 bits per heavy atom. The monoisotopic (exact) mass is 317 g/mol. The summed E-state index contributed by atoms with van der Waals surface area (Å²) in [4.78, 5) is 4.18. The summed E-state index contributed by atoms with van der Waals surface area (Å²) in [5, 5.41) is 13.1. The zero-order valence-corrected chi connectivity index (χ0v) is 13.6. The molecule has 0 aliphatic rings. The number of aromatic nitrogens is 1. The van der Waals surface area contributed by atoms with Crippen molar-refractivity contribution in [3.63, 3.8) is 0 Å². The molecule has 0 bridgehead atoms. The molecule has 0 amide bonds. The third-order valence-corrected chi connectivity index (χ3v) is 4.81. The minimum absolute atomic E-state index is 0.129. The number of nitrogens with one attached hydrogen (secondary N) is 1. The summed E-state index contributed by atoms with van der Waals surface area (Å²) in [6, 6.07) is 3.05. The zero-order valence-electron chi connectivity index (χ0n) is 12.8.